The van der Waals surface area contributed by atoms with Crippen molar-refractivity contribution in [3.8, 4) is 5.75 Å². The molecule has 1 atom stereocenters. The molecule has 0 aromatic heterocycles. The molecule has 1 aliphatic heterocycles. The summed E-state index contributed by atoms with van der Waals surface area (Å²) in [5.74, 6) is 0.665. The first kappa shape index (κ1) is 20.7. The van der Waals surface area contributed by atoms with Crippen LogP contribution in [-0.4, -0.2) is 37.3 Å². The third kappa shape index (κ3) is 5.36. The standard InChI is InChI=1S/C18H28N2O3.ClH/c1-3-18(4-2,13-19)20-17(21)14-7-9-15(10-8-14)23-12-16-6-5-11-22-16;/h7-10,16H,3-6,11-13,19H2,1-2H3,(H,20,21);1H. The van der Waals surface area contributed by atoms with Crippen LogP contribution < -0.4 is 15.8 Å². The van der Waals surface area contributed by atoms with E-state index < -0.39 is 0 Å². The number of rotatable bonds is 8. The maximum Gasteiger partial charge on any atom is 0.251 e. The zero-order chi connectivity index (χ0) is 16.7. The largest absolute Gasteiger partial charge is 0.491 e. The second kappa shape index (κ2) is 9.87. The highest BCUT2D eigenvalue weighted by Crippen LogP contribution is 2.18. The van der Waals surface area contributed by atoms with Gasteiger partial charge in [0.1, 0.15) is 12.4 Å². The van der Waals surface area contributed by atoms with Gasteiger partial charge >= 0.3 is 0 Å². The van der Waals surface area contributed by atoms with Crippen LogP contribution in [-0.2, 0) is 4.74 Å². The lowest BCUT2D eigenvalue weighted by Crippen LogP contribution is -2.52. The second-order valence-corrected chi connectivity index (χ2v) is 6.12. The fraction of sp³-hybridized carbons (Fsp3) is 0.611. The van der Waals surface area contributed by atoms with Gasteiger partial charge in [0, 0.05) is 18.7 Å². The van der Waals surface area contributed by atoms with E-state index >= 15 is 0 Å². The van der Waals surface area contributed by atoms with Crippen molar-refractivity contribution in [2.45, 2.75) is 51.2 Å². The molecule has 1 heterocycles. The number of nitrogens with two attached hydrogens (primary N) is 1. The van der Waals surface area contributed by atoms with Crippen LogP contribution in [0.15, 0.2) is 24.3 Å². The van der Waals surface area contributed by atoms with Gasteiger partial charge in [-0.2, -0.15) is 0 Å². The maximum absolute atomic E-state index is 12.4. The van der Waals surface area contributed by atoms with Gasteiger partial charge in [0.25, 0.3) is 5.91 Å². The van der Waals surface area contributed by atoms with Gasteiger partial charge in [0.15, 0.2) is 0 Å². The minimum Gasteiger partial charge on any atom is -0.491 e. The van der Waals surface area contributed by atoms with Gasteiger partial charge < -0.3 is 20.5 Å². The first-order valence-electron chi connectivity index (χ1n) is 8.49. The fourth-order valence-electron chi connectivity index (χ4n) is 2.75. The number of carbonyl (C=O) groups excluding carboxylic acids is 1. The molecule has 1 aromatic carbocycles. The molecule has 1 aromatic rings. The fourth-order valence-corrected chi connectivity index (χ4v) is 2.75. The third-order valence-electron chi connectivity index (χ3n) is 4.70. The normalized spacial score (nSPS) is 17.2. The van der Waals surface area contributed by atoms with Crippen LogP contribution in [0.2, 0.25) is 0 Å². The average molecular weight is 357 g/mol. The van der Waals surface area contributed by atoms with Crippen LogP contribution in [0.25, 0.3) is 0 Å². The third-order valence-corrected chi connectivity index (χ3v) is 4.70. The quantitative estimate of drug-likeness (QED) is 0.751. The van der Waals surface area contributed by atoms with Gasteiger partial charge in [-0.1, -0.05) is 13.8 Å². The summed E-state index contributed by atoms with van der Waals surface area (Å²) in [6.07, 6.45) is 3.97. The topological polar surface area (TPSA) is 73.6 Å². The number of hydrogen-bond donors (Lipinski definition) is 2. The number of benzene rings is 1. The number of carbonyl (C=O) groups is 1. The maximum atomic E-state index is 12.4. The summed E-state index contributed by atoms with van der Waals surface area (Å²) in [4.78, 5) is 12.4. The highest BCUT2D eigenvalue weighted by molar-refractivity contribution is 5.94. The molecule has 24 heavy (non-hydrogen) atoms. The van der Waals surface area contributed by atoms with E-state index in [1.807, 2.05) is 26.0 Å². The molecule has 1 amide bonds. The molecule has 3 N–H and O–H groups in total. The first-order chi connectivity index (χ1) is 11.1. The Kier molecular flexibility index (Phi) is 8.53. The summed E-state index contributed by atoms with van der Waals surface area (Å²) in [5.41, 5.74) is 6.12. The molecule has 1 fully saturated rings. The first-order valence-corrected chi connectivity index (χ1v) is 8.49. The van der Waals surface area contributed by atoms with Gasteiger partial charge in [-0.05, 0) is 49.9 Å². The number of nitrogens with one attached hydrogen (secondary N) is 1. The Morgan fingerprint density at radius 2 is 2.00 bits per heavy atom. The van der Waals surface area contributed by atoms with Crippen molar-refractivity contribution < 1.29 is 14.3 Å². The Bertz CT molecular complexity index is 489. The van der Waals surface area contributed by atoms with Gasteiger partial charge in [-0.3, -0.25) is 4.79 Å². The smallest absolute Gasteiger partial charge is 0.251 e. The zero-order valence-electron chi connectivity index (χ0n) is 14.5. The summed E-state index contributed by atoms with van der Waals surface area (Å²) in [7, 11) is 0. The van der Waals surface area contributed by atoms with Crippen LogP contribution in [0.5, 0.6) is 5.75 Å². The van der Waals surface area contributed by atoms with E-state index in [0.717, 1.165) is 38.0 Å². The van der Waals surface area contributed by atoms with E-state index in [4.69, 9.17) is 15.2 Å². The molecule has 0 radical (unpaired) electrons. The average Bonchev–Trinajstić information content (AvgIpc) is 3.12. The minimum absolute atomic E-state index is 0. The van der Waals surface area contributed by atoms with E-state index in [1.54, 1.807) is 12.1 Å². The molecule has 2 rings (SSSR count). The zero-order valence-corrected chi connectivity index (χ0v) is 15.4. The van der Waals surface area contributed by atoms with Crippen molar-refractivity contribution in [2.75, 3.05) is 19.8 Å². The predicted octanol–water partition coefficient (Wildman–Crippen LogP) is 2.91. The van der Waals surface area contributed by atoms with Crippen molar-refractivity contribution in [3.05, 3.63) is 29.8 Å². The Hall–Kier alpha value is -1.30. The van der Waals surface area contributed by atoms with Crippen molar-refractivity contribution in [3.63, 3.8) is 0 Å². The molecule has 0 aliphatic carbocycles. The lowest BCUT2D eigenvalue weighted by Gasteiger charge is -2.31. The van der Waals surface area contributed by atoms with Crippen molar-refractivity contribution in [2.24, 2.45) is 5.73 Å². The monoisotopic (exact) mass is 356 g/mol. The van der Waals surface area contributed by atoms with Gasteiger partial charge in [-0.25, -0.2) is 0 Å². The van der Waals surface area contributed by atoms with E-state index in [2.05, 4.69) is 5.32 Å². The lowest BCUT2D eigenvalue weighted by atomic mass is 9.92. The van der Waals surface area contributed by atoms with E-state index in [1.165, 1.54) is 0 Å². The molecule has 0 saturated carbocycles. The molecule has 0 bridgehead atoms. The summed E-state index contributed by atoms with van der Waals surface area (Å²) < 4.78 is 11.2. The molecular formula is C18H29ClN2O3. The van der Waals surface area contributed by atoms with Crippen LogP contribution in [0.3, 0.4) is 0 Å². The van der Waals surface area contributed by atoms with Crippen LogP contribution in [0.1, 0.15) is 49.9 Å². The Labute approximate surface area is 150 Å². The minimum atomic E-state index is -0.327. The summed E-state index contributed by atoms with van der Waals surface area (Å²) >= 11 is 0. The van der Waals surface area contributed by atoms with Gasteiger partial charge in [-0.15, -0.1) is 12.4 Å². The molecule has 1 unspecified atom stereocenters. The van der Waals surface area contributed by atoms with Crippen molar-refractivity contribution in [1.82, 2.24) is 5.32 Å². The molecule has 1 saturated heterocycles. The highest BCUT2D eigenvalue weighted by atomic mass is 35.5. The van der Waals surface area contributed by atoms with Gasteiger partial charge in [0.05, 0.1) is 11.6 Å². The number of amides is 1. The molecular weight excluding hydrogens is 328 g/mol. The van der Waals surface area contributed by atoms with E-state index in [0.29, 0.717) is 18.7 Å². The number of hydrogen-bond acceptors (Lipinski definition) is 4. The summed E-state index contributed by atoms with van der Waals surface area (Å²) in [5, 5.41) is 3.07. The van der Waals surface area contributed by atoms with E-state index in [-0.39, 0.29) is 30.0 Å². The Morgan fingerprint density at radius 3 is 2.50 bits per heavy atom. The molecule has 1 aliphatic rings. The SMILES string of the molecule is CCC(CC)(CN)NC(=O)c1ccc(OCC2CCCO2)cc1.Cl. The Morgan fingerprint density at radius 1 is 1.33 bits per heavy atom. The molecule has 5 nitrogen and oxygen atoms in total. The van der Waals surface area contributed by atoms with Crippen LogP contribution >= 0.6 is 12.4 Å². The van der Waals surface area contributed by atoms with Crippen LogP contribution in [0.4, 0.5) is 0 Å². The van der Waals surface area contributed by atoms with Crippen LogP contribution in [0, 0.1) is 0 Å². The summed E-state index contributed by atoms with van der Waals surface area (Å²) in [6, 6.07) is 7.22. The highest BCUT2D eigenvalue weighted by Gasteiger charge is 2.26. The predicted molar refractivity (Wildman–Crippen MR) is 98.0 cm³/mol. The van der Waals surface area contributed by atoms with Gasteiger partial charge in [0.2, 0.25) is 0 Å². The molecule has 0 spiro atoms. The molecule has 6 heteroatoms. The molecule has 136 valence electrons. The summed E-state index contributed by atoms with van der Waals surface area (Å²) in [6.45, 7) is 5.91. The Balaban J connectivity index is 0.00000288. The van der Waals surface area contributed by atoms with Crippen molar-refractivity contribution >= 4 is 18.3 Å². The van der Waals surface area contributed by atoms with Crippen molar-refractivity contribution in [1.29, 1.82) is 0 Å². The number of halogens is 1. The number of ether oxygens (including phenoxy) is 2. The van der Waals surface area contributed by atoms with E-state index in [9.17, 15) is 4.79 Å². The lowest BCUT2D eigenvalue weighted by molar-refractivity contribution is 0.0679. The second-order valence-electron chi connectivity index (χ2n) is 6.12.